The minimum atomic E-state index is -0.416. The zero-order valence-corrected chi connectivity index (χ0v) is 12.7. The zero-order chi connectivity index (χ0) is 15.1. The Morgan fingerprint density at radius 3 is 2.38 bits per heavy atom. The molecule has 0 fully saturated rings. The predicted octanol–water partition coefficient (Wildman–Crippen LogP) is 2.43. The number of ether oxygens (including phenoxy) is 1. The Hall–Kier alpha value is -2.21. The Balaban J connectivity index is 1.73. The van der Waals surface area contributed by atoms with Crippen molar-refractivity contribution in [2.75, 3.05) is 13.2 Å². The largest absolute Gasteiger partial charge is 0.460 e. The lowest BCUT2D eigenvalue weighted by molar-refractivity contribution is 0.0503. The van der Waals surface area contributed by atoms with E-state index in [9.17, 15) is 9.59 Å². The van der Waals surface area contributed by atoms with Crippen LogP contribution in [0.4, 0.5) is 0 Å². The zero-order valence-electron chi connectivity index (χ0n) is 11.1. The molecule has 1 heterocycles. The highest BCUT2D eigenvalue weighted by molar-refractivity contribution is 9.10. The monoisotopic (exact) mass is 348 g/mol. The second kappa shape index (κ2) is 7.54. The molecule has 2 rings (SSSR count). The van der Waals surface area contributed by atoms with Crippen LogP contribution in [-0.4, -0.2) is 30.0 Å². The third kappa shape index (κ3) is 4.68. The quantitative estimate of drug-likeness (QED) is 0.665. The van der Waals surface area contributed by atoms with Gasteiger partial charge in [0.2, 0.25) is 0 Å². The third-order valence-electron chi connectivity index (χ3n) is 2.64. The fourth-order valence-electron chi connectivity index (χ4n) is 1.58. The van der Waals surface area contributed by atoms with E-state index >= 15 is 0 Å². The second-order valence-corrected chi connectivity index (χ2v) is 5.05. The number of amides is 1. The van der Waals surface area contributed by atoms with Gasteiger partial charge in [0.15, 0.2) is 0 Å². The molecule has 0 aliphatic heterocycles. The molecule has 0 bridgehead atoms. The fourth-order valence-corrected chi connectivity index (χ4v) is 1.85. The normalized spacial score (nSPS) is 9.95. The van der Waals surface area contributed by atoms with Crippen LogP contribution in [0.2, 0.25) is 0 Å². The summed E-state index contributed by atoms with van der Waals surface area (Å²) in [5, 5.41) is 2.66. The Labute approximate surface area is 130 Å². The molecule has 2 aromatic rings. The van der Waals surface area contributed by atoms with Gasteiger partial charge in [-0.3, -0.25) is 9.78 Å². The summed E-state index contributed by atoms with van der Waals surface area (Å²) < 4.78 is 5.97. The molecule has 6 heteroatoms. The van der Waals surface area contributed by atoms with Gasteiger partial charge in [0.25, 0.3) is 5.91 Å². The Morgan fingerprint density at radius 2 is 1.71 bits per heavy atom. The van der Waals surface area contributed by atoms with Crippen LogP contribution in [0, 0.1) is 0 Å². The maximum atomic E-state index is 11.7. The van der Waals surface area contributed by atoms with Crippen LogP contribution in [0.15, 0.2) is 53.3 Å². The number of hydrogen-bond donors (Lipinski definition) is 1. The number of pyridine rings is 1. The van der Waals surface area contributed by atoms with Gasteiger partial charge >= 0.3 is 5.97 Å². The van der Waals surface area contributed by atoms with Crippen LogP contribution in [0.1, 0.15) is 20.7 Å². The number of aromatic nitrogens is 1. The molecule has 0 atom stereocenters. The Bertz CT molecular complexity index is 615. The van der Waals surface area contributed by atoms with Crippen molar-refractivity contribution >= 4 is 27.8 Å². The van der Waals surface area contributed by atoms with E-state index in [-0.39, 0.29) is 19.1 Å². The minimum absolute atomic E-state index is 0.117. The molecule has 0 saturated heterocycles. The molecule has 21 heavy (non-hydrogen) atoms. The van der Waals surface area contributed by atoms with Crippen LogP contribution in [0.5, 0.6) is 0 Å². The standard InChI is InChI=1S/C15H13BrN2O3/c16-13-3-1-12(2-4-13)15(20)21-10-9-18-14(19)11-5-7-17-8-6-11/h1-8H,9-10H2,(H,18,19). The number of nitrogens with zero attached hydrogens (tertiary/aromatic N) is 1. The van der Waals surface area contributed by atoms with Crippen molar-refractivity contribution in [3.63, 3.8) is 0 Å². The molecule has 108 valence electrons. The summed E-state index contributed by atoms with van der Waals surface area (Å²) in [7, 11) is 0. The molecule has 5 nitrogen and oxygen atoms in total. The van der Waals surface area contributed by atoms with Crippen molar-refractivity contribution in [3.8, 4) is 0 Å². The van der Waals surface area contributed by atoms with Gasteiger partial charge in [0.1, 0.15) is 6.61 Å². The first kappa shape index (κ1) is 15.2. The Morgan fingerprint density at radius 1 is 1.05 bits per heavy atom. The molecule has 0 radical (unpaired) electrons. The first-order valence-electron chi connectivity index (χ1n) is 6.28. The first-order valence-corrected chi connectivity index (χ1v) is 7.07. The van der Waals surface area contributed by atoms with Crippen molar-refractivity contribution in [1.29, 1.82) is 0 Å². The van der Waals surface area contributed by atoms with E-state index in [0.717, 1.165) is 4.47 Å². The minimum Gasteiger partial charge on any atom is -0.460 e. The van der Waals surface area contributed by atoms with Gasteiger partial charge in [-0.1, -0.05) is 15.9 Å². The summed E-state index contributed by atoms with van der Waals surface area (Å²) >= 11 is 3.29. The van der Waals surface area contributed by atoms with Crippen molar-refractivity contribution in [3.05, 3.63) is 64.4 Å². The average molecular weight is 349 g/mol. The van der Waals surface area contributed by atoms with E-state index in [4.69, 9.17) is 4.74 Å². The molecule has 0 saturated carbocycles. The van der Waals surface area contributed by atoms with Crippen molar-refractivity contribution < 1.29 is 14.3 Å². The summed E-state index contributed by atoms with van der Waals surface area (Å²) in [5.74, 6) is -0.641. The highest BCUT2D eigenvalue weighted by Gasteiger charge is 2.07. The van der Waals surface area contributed by atoms with Gasteiger partial charge in [-0.2, -0.15) is 0 Å². The van der Waals surface area contributed by atoms with Crippen molar-refractivity contribution in [1.82, 2.24) is 10.3 Å². The van der Waals surface area contributed by atoms with Crippen molar-refractivity contribution in [2.24, 2.45) is 0 Å². The molecule has 0 aliphatic carbocycles. The number of carbonyl (C=O) groups excluding carboxylic acids is 2. The van der Waals surface area contributed by atoms with Gasteiger partial charge in [-0.25, -0.2) is 4.79 Å². The third-order valence-corrected chi connectivity index (χ3v) is 3.17. The summed E-state index contributed by atoms with van der Waals surface area (Å²) in [6.45, 7) is 0.370. The highest BCUT2D eigenvalue weighted by Crippen LogP contribution is 2.11. The number of rotatable bonds is 5. The van der Waals surface area contributed by atoms with Crippen molar-refractivity contribution in [2.45, 2.75) is 0 Å². The number of nitrogens with one attached hydrogen (secondary N) is 1. The summed E-state index contributed by atoms with van der Waals surface area (Å²) in [6, 6.07) is 10.1. The molecule has 0 unspecified atom stereocenters. The van der Waals surface area contributed by atoms with E-state index in [0.29, 0.717) is 11.1 Å². The molecule has 0 spiro atoms. The van der Waals surface area contributed by atoms with Gasteiger partial charge < -0.3 is 10.1 Å². The van der Waals surface area contributed by atoms with Crippen LogP contribution >= 0.6 is 15.9 Å². The fraction of sp³-hybridized carbons (Fsp3) is 0.133. The summed E-state index contributed by atoms with van der Waals surface area (Å²) in [4.78, 5) is 27.3. The smallest absolute Gasteiger partial charge is 0.338 e. The van der Waals surface area contributed by atoms with Crippen LogP contribution in [0.3, 0.4) is 0 Å². The van der Waals surface area contributed by atoms with E-state index in [1.807, 2.05) is 0 Å². The van der Waals surface area contributed by atoms with Gasteiger partial charge in [-0.15, -0.1) is 0 Å². The van der Waals surface area contributed by atoms with E-state index < -0.39 is 5.97 Å². The van der Waals surface area contributed by atoms with E-state index in [1.165, 1.54) is 0 Å². The lowest BCUT2D eigenvalue weighted by atomic mass is 10.2. The first-order chi connectivity index (χ1) is 10.2. The number of benzene rings is 1. The van der Waals surface area contributed by atoms with Gasteiger partial charge in [-0.05, 0) is 36.4 Å². The second-order valence-electron chi connectivity index (χ2n) is 4.13. The lowest BCUT2D eigenvalue weighted by Gasteiger charge is -2.07. The maximum Gasteiger partial charge on any atom is 0.338 e. The summed E-state index contributed by atoms with van der Waals surface area (Å²) in [5.41, 5.74) is 0.989. The maximum absolute atomic E-state index is 11.7. The topological polar surface area (TPSA) is 68.3 Å². The van der Waals surface area contributed by atoms with Gasteiger partial charge in [0.05, 0.1) is 12.1 Å². The SMILES string of the molecule is O=C(NCCOC(=O)c1ccc(Br)cc1)c1ccncc1. The average Bonchev–Trinajstić information content (AvgIpc) is 2.52. The molecule has 1 aromatic carbocycles. The molecule has 0 aliphatic rings. The number of hydrogen-bond acceptors (Lipinski definition) is 4. The Kier molecular flexibility index (Phi) is 5.45. The molecule has 1 N–H and O–H groups in total. The number of halogens is 1. The lowest BCUT2D eigenvalue weighted by Crippen LogP contribution is -2.28. The molecule has 1 amide bonds. The molecular weight excluding hydrogens is 336 g/mol. The number of esters is 1. The summed E-state index contributed by atoms with van der Waals surface area (Å²) in [6.07, 6.45) is 3.09. The predicted molar refractivity (Wildman–Crippen MR) is 81.0 cm³/mol. The molecular formula is C15H13BrN2O3. The van der Waals surface area contributed by atoms with Gasteiger partial charge in [0, 0.05) is 22.4 Å². The van der Waals surface area contributed by atoms with E-state index in [2.05, 4.69) is 26.2 Å². The van der Waals surface area contributed by atoms with Crippen LogP contribution < -0.4 is 5.32 Å². The molecule has 1 aromatic heterocycles. The highest BCUT2D eigenvalue weighted by atomic mass is 79.9. The van der Waals surface area contributed by atoms with Crippen LogP contribution in [0.25, 0.3) is 0 Å². The van der Waals surface area contributed by atoms with Crippen LogP contribution in [-0.2, 0) is 4.74 Å². The van der Waals surface area contributed by atoms with E-state index in [1.54, 1.807) is 48.8 Å². The number of carbonyl (C=O) groups is 2.